The van der Waals surface area contributed by atoms with Gasteiger partial charge in [0.25, 0.3) is 0 Å². The minimum Gasteiger partial charge on any atom is -0.327 e. The van der Waals surface area contributed by atoms with Crippen molar-refractivity contribution in [2.75, 3.05) is 0 Å². The third-order valence-electron chi connectivity index (χ3n) is 2.43. The van der Waals surface area contributed by atoms with Gasteiger partial charge in [-0.15, -0.1) is 0 Å². The Balaban J connectivity index is 2.62. The van der Waals surface area contributed by atoms with E-state index in [-0.39, 0.29) is 17.7 Å². The molecule has 0 fully saturated rings. The highest BCUT2D eigenvalue weighted by molar-refractivity contribution is 5.82. The Morgan fingerprint density at radius 3 is 2.71 bits per heavy atom. The third-order valence-corrected chi connectivity index (χ3v) is 2.43. The van der Waals surface area contributed by atoms with Gasteiger partial charge >= 0.3 is 0 Å². The maximum atomic E-state index is 11.6. The molecule has 2 atom stereocenters. The molecule has 1 heterocycles. The molecule has 0 aliphatic heterocycles. The van der Waals surface area contributed by atoms with Crippen molar-refractivity contribution in [1.82, 2.24) is 14.8 Å². The number of aryl methyl sites for hydroxylation is 1. The number of nitrogens with two attached hydrogens (primary N) is 1. The van der Waals surface area contributed by atoms with E-state index in [1.165, 1.54) is 6.33 Å². The molecule has 1 aromatic heterocycles. The molecule has 2 N–H and O–H groups in total. The molecule has 78 valence electrons. The summed E-state index contributed by atoms with van der Waals surface area (Å²) in [5, 5.41) is 3.90. The largest absolute Gasteiger partial charge is 0.327 e. The molecule has 0 radical (unpaired) electrons. The van der Waals surface area contributed by atoms with E-state index in [1.807, 2.05) is 13.8 Å². The van der Waals surface area contributed by atoms with Crippen molar-refractivity contribution in [3.05, 3.63) is 12.2 Å². The molecule has 0 aliphatic rings. The molecule has 0 saturated heterocycles. The minimum atomic E-state index is -0.133. The number of hydrogen-bond donors (Lipinski definition) is 1. The molecule has 2 unspecified atom stereocenters. The van der Waals surface area contributed by atoms with Crippen molar-refractivity contribution in [3.63, 3.8) is 0 Å². The first-order valence-electron chi connectivity index (χ1n) is 4.63. The van der Waals surface area contributed by atoms with Crippen LogP contribution in [-0.4, -0.2) is 26.6 Å². The van der Waals surface area contributed by atoms with Gasteiger partial charge in [-0.2, -0.15) is 5.10 Å². The Kier molecular flexibility index (Phi) is 3.35. The van der Waals surface area contributed by atoms with Crippen LogP contribution in [0.25, 0.3) is 0 Å². The molecule has 0 spiro atoms. The highest BCUT2D eigenvalue weighted by Gasteiger charge is 2.18. The first-order valence-corrected chi connectivity index (χ1v) is 4.63. The van der Waals surface area contributed by atoms with Crippen LogP contribution in [0.4, 0.5) is 0 Å². The maximum absolute atomic E-state index is 11.6. The van der Waals surface area contributed by atoms with E-state index in [0.717, 1.165) is 0 Å². The lowest BCUT2D eigenvalue weighted by Gasteiger charge is -2.13. The lowest BCUT2D eigenvalue weighted by Crippen LogP contribution is -2.32. The summed E-state index contributed by atoms with van der Waals surface area (Å²) in [6, 6.07) is -0.115. The van der Waals surface area contributed by atoms with Crippen LogP contribution < -0.4 is 5.73 Å². The highest BCUT2D eigenvalue weighted by atomic mass is 16.1. The predicted molar refractivity (Wildman–Crippen MR) is 52.5 cm³/mol. The molecule has 0 saturated carbocycles. The Labute approximate surface area is 83.3 Å². The van der Waals surface area contributed by atoms with Gasteiger partial charge < -0.3 is 5.73 Å². The maximum Gasteiger partial charge on any atom is 0.144 e. The van der Waals surface area contributed by atoms with Crippen LogP contribution >= 0.6 is 0 Å². The molecular formula is C9H16N4O. The standard InChI is InChI=1S/C9H16N4O/c1-6(7(2)10)8(14)4-9-11-5-12-13(9)3/h5-7H,4,10H2,1-3H3. The van der Waals surface area contributed by atoms with E-state index in [1.54, 1.807) is 11.7 Å². The van der Waals surface area contributed by atoms with E-state index in [2.05, 4.69) is 10.1 Å². The van der Waals surface area contributed by atoms with Gasteiger partial charge in [0, 0.05) is 19.0 Å². The monoisotopic (exact) mass is 196 g/mol. The van der Waals surface area contributed by atoms with Gasteiger partial charge in [-0.05, 0) is 6.92 Å². The number of ketones is 1. The van der Waals surface area contributed by atoms with E-state index < -0.39 is 0 Å². The van der Waals surface area contributed by atoms with Crippen molar-refractivity contribution < 1.29 is 4.79 Å². The lowest BCUT2D eigenvalue weighted by atomic mass is 9.97. The summed E-state index contributed by atoms with van der Waals surface area (Å²) in [4.78, 5) is 15.6. The van der Waals surface area contributed by atoms with Crippen LogP contribution in [0.15, 0.2) is 6.33 Å². The number of carbonyl (C=O) groups is 1. The summed E-state index contributed by atoms with van der Waals surface area (Å²) in [6.07, 6.45) is 1.75. The van der Waals surface area contributed by atoms with E-state index >= 15 is 0 Å². The van der Waals surface area contributed by atoms with Gasteiger partial charge in [-0.3, -0.25) is 9.48 Å². The van der Waals surface area contributed by atoms with Crippen LogP contribution in [0.3, 0.4) is 0 Å². The Hall–Kier alpha value is -1.23. The predicted octanol–water partition coefficient (Wildman–Crippen LogP) is -0.0900. The van der Waals surface area contributed by atoms with Gasteiger partial charge in [0.15, 0.2) is 0 Å². The summed E-state index contributed by atoms with van der Waals surface area (Å²) in [5.74, 6) is 0.658. The van der Waals surface area contributed by atoms with Crippen LogP contribution in [0.5, 0.6) is 0 Å². The first kappa shape index (κ1) is 10.8. The molecule has 0 bridgehead atoms. The average Bonchev–Trinajstić information content (AvgIpc) is 2.50. The molecular weight excluding hydrogens is 180 g/mol. The number of hydrogen-bond acceptors (Lipinski definition) is 4. The summed E-state index contributed by atoms with van der Waals surface area (Å²) in [5.41, 5.74) is 5.64. The summed E-state index contributed by atoms with van der Waals surface area (Å²) < 4.78 is 1.60. The zero-order chi connectivity index (χ0) is 10.7. The highest BCUT2D eigenvalue weighted by Crippen LogP contribution is 2.05. The van der Waals surface area contributed by atoms with E-state index in [9.17, 15) is 4.79 Å². The molecule has 0 aliphatic carbocycles. The van der Waals surface area contributed by atoms with Gasteiger partial charge in [0.05, 0.1) is 6.42 Å². The van der Waals surface area contributed by atoms with Crippen LogP contribution in [-0.2, 0) is 18.3 Å². The number of nitrogens with zero attached hydrogens (tertiary/aromatic N) is 3. The second-order valence-electron chi connectivity index (χ2n) is 3.59. The van der Waals surface area contributed by atoms with Crippen molar-refractivity contribution in [2.45, 2.75) is 26.3 Å². The smallest absolute Gasteiger partial charge is 0.144 e. The normalized spacial score (nSPS) is 15.1. The minimum absolute atomic E-state index is 0.108. The topological polar surface area (TPSA) is 73.8 Å². The van der Waals surface area contributed by atoms with Gasteiger partial charge in [-0.1, -0.05) is 6.92 Å². The Bertz CT molecular complexity index is 318. The molecule has 1 aromatic rings. The molecule has 5 nitrogen and oxygen atoms in total. The van der Waals surface area contributed by atoms with Crippen LogP contribution in [0, 0.1) is 5.92 Å². The summed E-state index contributed by atoms with van der Waals surface area (Å²) in [6.45, 7) is 3.67. The second kappa shape index (κ2) is 4.32. The van der Waals surface area contributed by atoms with Gasteiger partial charge in [-0.25, -0.2) is 4.98 Å². The molecule has 0 amide bonds. The Morgan fingerprint density at radius 2 is 2.29 bits per heavy atom. The molecule has 14 heavy (non-hydrogen) atoms. The van der Waals surface area contributed by atoms with Crippen molar-refractivity contribution in [2.24, 2.45) is 18.7 Å². The van der Waals surface area contributed by atoms with E-state index in [0.29, 0.717) is 12.2 Å². The third kappa shape index (κ3) is 2.38. The number of aromatic nitrogens is 3. The summed E-state index contributed by atoms with van der Waals surface area (Å²) in [7, 11) is 1.77. The second-order valence-corrected chi connectivity index (χ2v) is 3.59. The quantitative estimate of drug-likeness (QED) is 0.730. The number of rotatable bonds is 4. The Morgan fingerprint density at radius 1 is 1.64 bits per heavy atom. The molecule has 0 aromatic carbocycles. The van der Waals surface area contributed by atoms with Crippen LogP contribution in [0.1, 0.15) is 19.7 Å². The SMILES string of the molecule is CC(N)C(C)C(=O)Cc1ncnn1C. The number of carbonyl (C=O) groups excluding carboxylic acids is 1. The van der Waals surface area contributed by atoms with Gasteiger partial charge in [0.1, 0.15) is 17.9 Å². The van der Waals surface area contributed by atoms with Crippen molar-refractivity contribution >= 4 is 5.78 Å². The zero-order valence-corrected chi connectivity index (χ0v) is 8.77. The van der Waals surface area contributed by atoms with Crippen molar-refractivity contribution in [1.29, 1.82) is 0 Å². The zero-order valence-electron chi connectivity index (χ0n) is 8.77. The fraction of sp³-hybridized carbons (Fsp3) is 0.667. The van der Waals surface area contributed by atoms with Crippen molar-refractivity contribution in [3.8, 4) is 0 Å². The van der Waals surface area contributed by atoms with Crippen LogP contribution in [0.2, 0.25) is 0 Å². The van der Waals surface area contributed by atoms with Gasteiger partial charge in [0.2, 0.25) is 0 Å². The average molecular weight is 196 g/mol. The number of Topliss-reactive ketones (excluding diaryl/α,β-unsaturated/α-hetero) is 1. The fourth-order valence-corrected chi connectivity index (χ4v) is 1.09. The molecule has 5 heteroatoms. The summed E-state index contributed by atoms with van der Waals surface area (Å²) >= 11 is 0. The fourth-order valence-electron chi connectivity index (χ4n) is 1.09. The molecule has 1 rings (SSSR count). The first-order chi connectivity index (χ1) is 6.52. The van der Waals surface area contributed by atoms with E-state index in [4.69, 9.17) is 5.73 Å². The lowest BCUT2D eigenvalue weighted by molar-refractivity contribution is -0.122.